The molecule has 1 atom stereocenters. The van der Waals surface area contributed by atoms with E-state index in [2.05, 4.69) is 21.9 Å². The highest BCUT2D eigenvalue weighted by molar-refractivity contribution is 7.81. The van der Waals surface area contributed by atoms with Gasteiger partial charge < -0.3 is 19.7 Å². The van der Waals surface area contributed by atoms with Gasteiger partial charge in [0.15, 0.2) is 5.75 Å². The van der Waals surface area contributed by atoms with Gasteiger partial charge in [-0.05, 0) is 30.7 Å². The number of nitrogens with one attached hydrogen (secondary N) is 2. The number of hydrogen-bond donors (Lipinski definition) is 3. The first kappa shape index (κ1) is 22.5. The maximum absolute atomic E-state index is 11.6. The summed E-state index contributed by atoms with van der Waals surface area (Å²) in [7, 11) is 0. The minimum atomic E-state index is -2.26. The van der Waals surface area contributed by atoms with E-state index in [1.54, 1.807) is 6.07 Å². The summed E-state index contributed by atoms with van der Waals surface area (Å²) in [5, 5.41) is 3.40. The van der Waals surface area contributed by atoms with Crippen LogP contribution in [0.3, 0.4) is 0 Å². The van der Waals surface area contributed by atoms with Crippen LogP contribution in [-0.2, 0) is 16.0 Å². The van der Waals surface area contributed by atoms with Gasteiger partial charge in [-0.3, -0.25) is 9.27 Å². The van der Waals surface area contributed by atoms with Gasteiger partial charge in [0.2, 0.25) is 0 Å². The molecule has 3 N–H and O–H groups in total. The molecule has 0 saturated carbocycles. The number of morpholine rings is 1. The summed E-state index contributed by atoms with van der Waals surface area (Å²) in [6, 6.07) is 13.0. The number of rotatable bonds is 9. The number of unbranched alkanes of at least 4 members (excludes halogenated alkanes) is 1. The molecule has 0 aromatic heterocycles. The Morgan fingerprint density at radius 3 is 2.60 bits per heavy atom. The molecule has 7 nitrogen and oxygen atoms in total. The SMILES string of the molecule is CCCCNc1cc(C(=S)N2CCOCC2)cc(NS(=O)O)c1Oc1ccccc1. The Morgan fingerprint density at radius 1 is 1.23 bits per heavy atom. The minimum absolute atomic E-state index is 0.395. The lowest BCUT2D eigenvalue weighted by atomic mass is 10.1. The van der Waals surface area contributed by atoms with Crippen LogP contribution in [0.5, 0.6) is 11.5 Å². The molecule has 1 saturated heterocycles. The quantitative estimate of drug-likeness (QED) is 0.300. The van der Waals surface area contributed by atoms with E-state index in [4.69, 9.17) is 21.7 Å². The Hall–Kier alpha value is -2.20. The van der Waals surface area contributed by atoms with Gasteiger partial charge in [-0.2, -0.15) is 0 Å². The summed E-state index contributed by atoms with van der Waals surface area (Å²) in [5.74, 6) is 1.08. The molecule has 2 aromatic rings. The maximum Gasteiger partial charge on any atom is 0.259 e. The summed E-state index contributed by atoms with van der Waals surface area (Å²) in [6.45, 7) is 5.56. The summed E-state index contributed by atoms with van der Waals surface area (Å²) in [5.41, 5.74) is 1.89. The fraction of sp³-hybridized carbons (Fsp3) is 0.381. The molecular formula is C21H27N3O4S2. The topological polar surface area (TPSA) is 83.1 Å². The lowest BCUT2D eigenvalue weighted by Crippen LogP contribution is -2.40. The van der Waals surface area contributed by atoms with E-state index in [1.165, 1.54) is 0 Å². The molecule has 0 bridgehead atoms. The highest BCUT2D eigenvalue weighted by Gasteiger charge is 2.20. The number of nitrogens with zero attached hydrogens (tertiary/aromatic N) is 1. The number of benzene rings is 2. The molecule has 0 radical (unpaired) electrons. The first-order valence-corrected chi connectivity index (χ1v) is 11.5. The Bertz CT molecular complexity index is 874. The summed E-state index contributed by atoms with van der Waals surface area (Å²) in [6.07, 6.45) is 2.02. The third-order valence-corrected chi connectivity index (χ3v) is 5.53. The number of anilines is 2. The molecule has 0 spiro atoms. The van der Waals surface area contributed by atoms with Gasteiger partial charge in [-0.15, -0.1) is 0 Å². The van der Waals surface area contributed by atoms with Gasteiger partial charge >= 0.3 is 0 Å². The van der Waals surface area contributed by atoms with Crippen molar-refractivity contribution in [2.24, 2.45) is 0 Å². The molecule has 1 fully saturated rings. The van der Waals surface area contributed by atoms with E-state index < -0.39 is 11.3 Å². The second kappa shape index (κ2) is 11.3. The summed E-state index contributed by atoms with van der Waals surface area (Å²) < 4.78 is 35.2. The van der Waals surface area contributed by atoms with Crippen molar-refractivity contribution in [1.29, 1.82) is 0 Å². The number of thiocarbonyl (C=S) groups is 1. The zero-order valence-electron chi connectivity index (χ0n) is 16.9. The lowest BCUT2D eigenvalue weighted by molar-refractivity contribution is 0.0693. The van der Waals surface area contributed by atoms with Crippen LogP contribution in [0, 0.1) is 0 Å². The van der Waals surface area contributed by atoms with Crippen molar-refractivity contribution < 1.29 is 18.2 Å². The van der Waals surface area contributed by atoms with E-state index in [0.29, 0.717) is 54.2 Å². The number of para-hydroxylation sites is 1. The van der Waals surface area contributed by atoms with Crippen molar-refractivity contribution in [3.05, 3.63) is 48.0 Å². The van der Waals surface area contributed by atoms with Crippen molar-refractivity contribution in [1.82, 2.24) is 4.90 Å². The number of hydrogen-bond acceptors (Lipinski definition) is 5. The van der Waals surface area contributed by atoms with E-state index in [1.807, 2.05) is 36.4 Å². The fourth-order valence-corrected chi connectivity index (χ4v) is 3.76. The molecule has 1 aliphatic heterocycles. The first-order valence-electron chi connectivity index (χ1n) is 9.98. The van der Waals surface area contributed by atoms with E-state index in [0.717, 1.165) is 24.9 Å². The lowest BCUT2D eigenvalue weighted by Gasteiger charge is -2.30. The van der Waals surface area contributed by atoms with Crippen LogP contribution in [0.1, 0.15) is 25.3 Å². The average Bonchev–Trinajstić information content (AvgIpc) is 2.76. The molecular weight excluding hydrogens is 422 g/mol. The van der Waals surface area contributed by atoms with Crippen LogP contribution >= 0.6 is 12.2 Å². The molecule has 3 rings (SSSR count). The summed E-state index contributed by atoms with van der Waals surface area (Å²) in [4.78, 5) is 2.76. The van der Waals surface area contributed by atoms with E-state index in [-0.39, 0.29) is 0 Å². The smallest absolute Gasteiger partial charge is 0.259 e. The number of ether oxygens (including phenoxy) is 2. The highest BCUT2D eigenvalue weighted by atomic mass is 32.2. The van der Waals surface area contributed by atoms with Crippen LogP contribution < -0.4 is 14.8 Å². The molecule has 1 aliphatic rings. The molecule has 9 heteroatoms. The van der Waals surface area contributed by atoms with Crippen molar-refractivity contribution in [2.75, 3.05) is 42.9 Å². The van der Waals surface area contributed by atoms with E-state index >= 15 is 0 Å². The van der Waals surface area contributed by atoms with Gasteiger partial charge in [0.1, 0.15) is 10.7 Å². The van der Waals surface area contributed by atoms with Crippen LogP contribution in [-0.4, -0.2) is 51.5 Å². The molecule has 0 amide bonds. The van der Waals surface area contributed by atoms with E-state index in [9.17, 15) is 8.76 Å². The van der Waals surface area contributed by atoms with Gasteiger partial charge in [0.05, 0.1) is 24.6 Å². The van der Waals surface area contributed by atoms with Gasteiger partial charge in [0.25, 0.3) is 11.3 Å². The second-order valence-corrected chi connectivity index (χ2v) is 7.94. The van der Waals surface area contributed by atoms with Gasteiger partial charge in [-0.25, -0.2) is 4.21 Å². The Kier molecular flexibility index (Phi) is 8.44. The zero-order valence-corrected chi connectivity index (χ0v) is 18.6. The van der Waals surface area contributed by atoms with Crippen LogP contribution in [0.4, 0.5) is 11.4 Å². The average molecular weight is 450 g/mol. The maximum atomic E-state index is 11.6. The molecule has 2 aromatic carbocycles. The van der Waals surface area contributed by atoms with Crippen molar-refractivity contribution in [3.8, 4) is 11.5 Å². The van der Waals surface area contributed by atoms with Crippen LogP contribution in [0.15, 0.2) is 42.5 Å². The largest absolute Gasteiger partial charge is 0.453 e. The van der Waals surface area contributed by atoms with Crippen LogP contribution in [0.25, 0.3) is 0 Å². The Balaban J connectivity index is 2.00. The normalized spacial score (nSPS) is 14.8. The third-order valence-electron chi connectivity index (χ3n) is 4.64. The summed E-state index contributed by atoms with van der Waals surface area (Å²) >= 11 is 3.46. The first-order chi connectivity index (χ1) is 14.6. The molecule has 1 unspecified atom stereocenters. The van der Waals surface area contributed by atoms with Crippen molar-refractivity contribution >= 4 is 39.8 Å². The van der Waals surface area contributed by atoms with Crippen molar-refractivity contribution in [3.63, 3.8) is 0 Å². The monoisotopic (exact) mass is 449 g/mol. The molecule has 162 valence electrons. The minimum Gasteiger partial charge on any atom is -0.453 e. The molecule has 1 heterocycles. The predicted molar refractivity (Wildman–Crippen MR) is 125 cm³/mol. The Labute approximate surface area is 185 Å². The predicted octanol–water partition coefficient (Wildman–Crippen LogP) is 4.25. The van der Waals surface area contributed by atoms with Crippen molar-refractivity contribution in [2.45, 2.75) is 19.8 Å². The fourth-order valence-electron chi connectivity index (χ4n) is 3.12. The van der Waals surface area contributed by atoms with Gasteiger partial charge in [0, 0.05) is 25.2 Å². The third kappa shape index (κ3) is 6.15. The highest BCUT2D eigenvalue weighted by Crippen LogP contribution is 2.39. The molecule has 30 heavy (non-hydrogen) atoms. The standard InChI is InChI=1S/C21H27N3O4S2/c1-2-3-9-22-18-14-16(21(29)24-10-12-27-13-11-24)15-19(23-30(25)26)20(18)28-17-7-5-4-6-8-17/h4-8,14-15,22-23H,2-3,9-13H2,1H3,(H,25,26). The Morgan fingerprint density at radius 2 is 1.93 bits per heavy atom. The zero-order chi connectivity index (χ0) is 21.3. The van der Waals surface area contributed by atoms with Gasteiger partial charge in [-0.1, -0.05) is 43.8 Å². The second-order valence-electron chi connectivity index (χ2n) is 6.85. The molecule has 0 aliphatic carbocycles. The van der Waals surface area contributed by atoms with Crippen LogP contribution in [0.2, 0.25) is 0 Å².